The summed E-state index contributed by atoms with van der Waals surface area (Å²) in [5.41, 5.74) is 3.57. The number of aromatic amines is 1. The zero-order valence-electron chi connectivity index (χ0n) is 17.0. The Morgan fingerprint density at radius 2 is 2.13 bits per heavy atom. The molecule has 3 aromatic heterocycles. The van der Waals surface area contributed by atoms with Gasteiger partial charge in [0.05, 0.1) is 11.9 Å². The quantitative estimate of drug-likeness (QED) is 0.669. The number of piperidine rings is 1. The molecule has 0 spiro atoms. The van der Waals surface area contributed by atoms with Crippen LogP contribution < -0.4 is 15.1 Å². The molecule has 1 saturated heterocycles. The summed E-state index contributed by atoms with van der Waals surface area (Å²) in [6.45, 7) is 5.85. The van der Waals surface area contributed by atoms with Crippen LogP contribution in [0.3, 0.4) is 0 Å². The third-order valence-corrected chi connectivity index (χ3v) is 6.82. The predicted molar refractivity (Wildman–Crippen MR) is 118 cm³/mol. The minimum absolute atomic E-state index is 0.196. The molecule has 0 radical (unpaired) electrons. The molecule has 0 atom stereocenters. The van der Waals surface area contributed by atoms with E-state index in [-0.39, 0.29) is 5.91 Å². The van der Waals surface area contributed by atoms with Crippen LogP contribution in [0.4, 0.5) is 16.6 Å². The Kier molecular flexibility index (Phi) is 5.12. The summed E-state index contributed by atoms with van der Waals surface area (Å²) in [6, 6.07) is 3.77. The molecular formula is C21H25N7OS. The second kappa shape index (κ2) is 8.06. The van der Waals surface area contributed by atoms with E-state index in [1.54, 1.807) is 6.20 Å². The molecule has 0 unspecified atom stereocenters. The molecule has 0 aromatic carbocycles. The van der Waals surface area contributed by atoms with E-state index in [0.717, 1.165) is 68.0 Å². The van der Waals surface area contributed by atoms with Gasteiger partial charge in [-0.15, -0.1) is 11.3 Å². The summed E-state index contributed by atoms with van der Waals surface area (Å²) < 4.78 is 0. The summed E-state index contributed by atoms with van der Waals surface area (Å²) in [5, 5.41) is 12.9. The van der Waals surface area contributed by atoms with Crippen molar-refractivity contribution in [2.75, 3.05) is 34.8 Å². The minimum atomic E-state index is -0.196. The van der Waals surface area contributed by atoms with Crippen molar-refractivity contribution < 1.29 is 4.79 Å². The van der Waals surface area contributed by atoms with Gasteiger partial charge >= 0.3 is 0 Å². The van der Waals surface area contributed by atoms with Gasteiger partial charge in [0.15, 0.2) is 10.9 Å². The van der Waals surface area contributed by atoms with Gasteiger partial charge in [-0.2, -0.15) is 5.10 Å². The van der Waals surface area contributed by atoms with E-state index >= 15 is 0 Å². The van der Waals surface area contributed by atoms with E-state index in [9.17, 15) is 4.79 Å². The van der Waals surface area contributed by atoms with Crippen molar-refractivity contribution >= 4 is 33.9 Å². The van der Waals surface area contributed by atoms with Gasteiger partial charge in [0.25, 0.3) is 5.91 Å². The third-order valence-electron chi connectivity index (χ3n) is 5.91. The maximum Gasteiger partial charge on any atom is 0.275 e. The molecule has 5 heterocycles. The molecule has 3 aromatic rings. The Labute approximate surface area is 179 Å². The van der Waals surface area contributed by atoms with Crippen molar-refractivity contribution in [3.8, 4) is 0 Å². The van der Waals surface area contributed by atoms with E-state index in [1.165, 1.54) is 22.6 Å². The highest BCUT2D eigenvalue weighted by molar-refractivity contribution is 7.13. The summed E-state index contributed by atoms with van der Waals surface area (Å²) in [6.07, 6.45) is 6.85. The van der Waals surface area contributed by atoms with E-state index in [1.807, 2.05) is 23.7 Å². The van der Waals surface area contributed by atoms with Crippen LogP contribution in [0.5, 0.6) is 0 Å². The van der Waals surface area contributed by atoms with Crippen molar-refractivity contribution in [3.05, 3.63) is 46.9 Å². The number of nitrogens with one attached hydrogen (secondary N) is 2. The third kappa shape index (κ3) is 3.77. The lowest BCUT2D eigenvalue weighted by Crippen LogP contribution is -2.34. The highest BCUT2D eigenvalue weighted by Crippen LogP contribution is 2.29. The first kappa shape index (κ1) is 19.0. The second-order valence-electron chi connectivity index (χ2n) is 8.06. The average molecular weight is 424 g/mol. The molecule has 9 heteroatoms. The van der Waals surface area contributed by atoms with Crippen molar-refractivity contribution in [1.82, 2.24) is 20.2 Å². The Morgan fingerprint density at radius 3 is 3.00 bits per heavy atom. The Bertz CT molecular complexity index is 1040. The topological polar surface area (TPSA) is 90.0 Å². The Balaban J connectivity index is 1.29. The maximum atomic E-state index is 12.9. The zero-order valence-corrected chi connectivity index (χ0v) is 17.8. The largest absolute Gasteiger partial charge is 0.355 e. The first-order valence-electron chi connectivity index (χ1n) is 10.4. The molecule has 2 aliphatic heterocycles. The van der Waals surface area contributed by atoms with Crippen LogP contribution in [-0.4, -0.2) is 45.7 Å². The SMILES string of the molecule is CC1CCN(c2ncccc2NC(=O)c2csc(N3CCc4[nH]ncc4C3)n2)CC1. The molecular weight excluding hydrogens is 398 g/mol. The van der Waals surface area contributed by atoms with Crippen molar-refractivity contribution in [2.45, 2.75) is 32.7 Å². The predicted octanol–water partition coefficient (Wildman–Crippen LogP) is 3.31. The lowest BCUT2D eigenvalue weighted by molar-refractivity contribution is 0.102. The van der Waals surface area contributed by atoms with Gasteiger partial charge in [0, 0.05) is 55.4 Å². The van der Waals surface area contributed by atoms with Crippen molar-refractivity contribution in [1.29, 1.82) is 0 Å². The minimum Gasteiger partial charge on any atom is -0.355 e. The van der Waals surface area contributed by atoms with Gasteiger partial charge in [-0.05, 0) is 30.9 Å². The van der Waals surface area contributed by atoms with Gasteiger partial charge < -0.3 is 15.1 Å². The summed E-state index contributed by atoms with van der Waals surface area (Å²) in [5.74, 6) is 1.39. The molecule has 0 saturated carbocycles. The normalized spacial score (nSPS) is 17.1. The van der Waals surface area contributed by atoms with Crippen LogP contribution in [0.2, 0.25) is 0 Å². The summed E-state index contributed by atoms with van der Waals surface area (Å²) >= 11 is 1.50. The lowest BCUT2D eigenvalue weighted by Gasteiger charge is -2.32. The van der Waals surface area contributed by atoms with Crippen molar-refractivity contribution in [2.24, 2.45) is 5.92 Å². The van der Waals surface area contributed by atoms with Crippen LogP contribution in [-0.2, 0) is 13.0 Å². The number of pyridine rings is 1. The highest BCUT2D eigenvalue weighted by Gasteiger charge is 2.23. The van der Waals surface area contributed by atoms with Gasteiger partial charge in [-0.25, -0.2) is 9.97 Å². The maximum absolute atomic E-state index is 12.9. The number of fused-ring (bicyclic) bond motifs is 1. The van der Waals surface area contributed by atoms with E-state index in [2.05, 4.69) is 42.2 Å². The van der Waals surface area contributed by atoms with Gasteiger partial charge in [-0.3, -0.25) is 9.89 Å². The van der Waals surface area contributed by atoms with Gasteiger partial charge in [-0.1, -0.05) is 6.92 Å². The molecule has 0 bridgehead atoms. The molecule has 0 aliphatic carbocycles. The number of aromatic nitrogens is 4. The molecule has 1 amide bonds. The van der Waals surface area contributed by atoms with E-state index in [4.69, 9.17) is 0 Å². The molecule has 5 rings (SSSR count). The number of carbonyl (C=O) groups is 1. The fraction of sp³-hybridized carbons (Fsp3) is 0.429. The van der Waals surface area contributed by atoms with Crippen LogP contribution in [0.25, 0.3) is 0 Å². The number of rotatable bonds is 4. The van der Waals surface area contributed by atoms with E-state index < -0.39 is 0 Å². The van der Waals surface area contributed by atoms with E-state index in [0.29, 0.717) is 5.69 Å². The number of hydrogen-bond acceptors (Lipinski definition) is 7. The number of hydrogen-bond donors (Lipinski definition) is 2. The molecule has 8 nitrogen and oxygen atoms in total. The van der Waals surface area contributed by atoms with Crippen molar-refractivity contribution in [3.63, 3.8) is 0 Å². The Hall–Kier alpha value is -2.94. The smallest absolute Gasteiger partial charge is 0.275 e. The van der Waals surface area contributed by atoms with Gasteiger partial charge in [0.2, 0.25) is 0 Å². The molecule has 156 valence electrons. The number of anilines is 3. The number of nitrogens with zero attached hydrogens (tertiary/aromatic N) is 5. The number of carbonyl (C=O) groups excluding carboxylic acids is 1. The molecule has 2 N–H and O–H groups in total. The second-order valence-corrected chi connectivity index (χ2v) is 8.90. The average Bonchev–Trinajstić information content (AvgIpc) is 3.44. The van der Waals surface area contributed by atoms with Crippen LogP contribution >= 0.6 is 11.3 Å². The van der Waals surface area contributed by atoms with Crippen LogP contribution in [0, 0.1) is 5.92 Å². The fourth-order valence-corrected chi connectivity index (χ4v) is 4.89. The first-order valence-corrected chi connectivity index (χ1v) is 11.3. The molecule has 30 heavy (non-hydrogen) atoms. The number of thiazole rings is 1. The standard InChI is InChI=1S/C21H25N7OS/c1-14-4-8-27(9-5-14)19-17(3-2-7-22-19)24-20(29)18-13-30-21(25-18)28-10-6-16-15(12-28)11-23-26-16/h2-3,7,11,13-14H,4-6,8-10,12H2,1H3,(H,23,26)(H,24,29). The fourth-order valence-electron chi connectivity index (χ4n) is 4.05. The lowest BCUT2D eigenvalue weighted by atomic mass is 9.99. The Morgan fingerprint density at radius 1 is 1.27 bits per heavy atom. The van der Waals surface area contributed by atoms with Crippen LogP contribution in [0.15, 0.2) is 29.9 Å². The molecule has 2 aliphatic rings. The number of H-pyrrole nitrogens is 1. The summed E-state index contributed by atoms with van der Waals surface area (Å²) in [7, 11) is 0. The first-order chi connectivity index (χ1) is 14.7. The van der Waals surface area contributed by atoms with Gasteiger partial charge in [0.1, 0.15) is 5.69 Å². The van der Waals surface area contributed by atoms with Crippen LogP contribution in [0.1, 0.15) is 41.5 Å². The number of amides is 1. The molecule has 1 fully saturated rings. The highest BCUT2D eigenvalue weighted by atomic mass is 32.1. The monoisotopic (exact) mass is 423 g/mol. The zero-order chi connectivity index (χ0) is 20.5. The summed E-state index contributed by atoms with van der Waals surface area (Å²) in [4.78, 5) is 26.5.